The van der Waals surface area contributed by atoms with E-state index in [0.29, 0.717) is 24.0 Å². The van der Waals surface area contributed by atoms with Gasteiger partial charge in [0.2, 0.25) is 0 Å². The molecule has 3 rings (SSSR count). The van der Waals surface area contributed by atoms with Crippen molar-refractivity contribution in [3.63, 3.8) is 0 Å². The maximum absolute atomic E-state index is 6.44. The molecule has 0 saturated heterocycles. The molecule has 0 aliphatic carbocycles. The maximum Gasteiger partial charge on any atom is 0.162 e. The number of hydrogen-bond acceptors (Lipinski definition) is 3. The third-order valence-electron chi connectivity index (χ3n) is 3.46. The van der Waals surface area contributed by atoms with Crippen LogP contribution in [0, 0.1) is 3.57 Å². The summed E-state index contributed by atoms with van der Waals surface area (Å²) in [6, 6.07) is 12.2. The third-order valence-corrected chi connectivity index (χ3v) is 4.51. The molecule has 1 heterocycles. The van der Waals surface area contributed by atoms with Gasteiger partial charge < -0.3 is 14.8 Å². The van der Waals surface area contributed by atoms with E-state index in [1.165, 1.54) is 3.57 Å². The molecule has 0 aromatic heterocycles. The van der Waals surface area contributed by atoms with Crippen LogP contribution in [0.2, 0.25) is 5.02 Å². The minimum atomic E-state index is 0.0188. The van der Waals surface area contributed by atoms with Gasteiger partial charge in [-0.25, -0.2) is 0 Å². The van der Waals surface area contributed by atoms with Crippen molar-refractivity contribution in [1.29, 1.82) is 0 Å². The lowest BCUT2D eigenvalue weighted by atomic mass is 9.98. The van der Waals surface area contributed by atoms with Crippen LogP contribution in [0.3, 0.4) is 0 Å². The fourth-order valence-electron chi connectivity index (χ4n) is 2.46. The molecule has 0 fully saturated rings. The number of nitrogens with one attached hydrogen (secondary N) is 1. The van der Waals surface area contributed by atoms with Crippen molar-refractivity contribution in [1.82, 2.24) is 5.32 Å². The predicted octanol–water partition coefficient (Wildman–Crippen LogP) is 4.02. The van der Waals surface area contributed by atoms with E-state index in [2.05, 4.69) is 52.2 Å². The van der Waals surface area contributed by atoms with Gasteiger partial charge in [0.25, 0.3) is 0 Å². The summed E-state index contributed by atoms with van der Waals surface area (Å²) in [5.41, 5.74) is 2.15. The fraction of sp³-hybridized carbons (Fsp3) is 0.250. The topological polar surface area (TPSA) is 30.5 Å². The van der Waals surface area contributed by atoms with E-state index in [1.54, 1.807) is 0 Å². The first-order valence-corrected chi connectivity index (χ1v) is 8.16. The first kappa shape index (κ1) is 14.9. The lowest BCUT2D eigenvalue weighted by Gasteiger charge is -2.23. The smallest absolute Gasteiger partial charge is 0.162 e. The van der Waals surface area contributed by atoms with Crippen LogP contribution in [0.4, 0.5) is 0 Å². The highest BCUT2D eigenvalue weighted by atomic mass is 127. The molecule has 1 atom stereocenters. The van der Waals surface area contributed by atoms with Crippen LogP contribution in [0.5, 0.6) is 11.5 Å². The summed E-state index contributed by atoms with van der Waals surface area (Å²) >= 11 is 8.74. The zero-order valence-electron chi connectivity index (χ0n) is 11.5. The van der Waals surface area contributed by atoms with Gasteiger partial charge in [-0.15, -0.1) is 0 Å². The quantitative estimate of drug-likeness (QED) is 0.768. The average Bonchev–Trinajstić information content (AvgIpc) is 2.50. The van der Waals surface area contributed by atoms with E-state index in [0.717, 1.165) is 16.9 Å². The van der Waals surface area contributed by atoms with Gasteiger partial charge in [0, 0.05) is 14.7 Å². The zero-order valence-corrected chi connectivity index (χ0v) is 14.4. The number of benzene rings is 2. The molecule has 1 unspecified atom stereocenters. The summed E-state index contributed by atoms with van der Waals surface area (Å²) in [5, 5.41) is 4.00. The molecule has 2 aromatic carbocycles. The molecule has 110 valence electrons. The minimum Gasteiger partial charge on any atom is -0.486 e. The molecule has 0 saturated carbocycles. The SMILES string of the molecule is CNC(c1ccc(I)cc1)c1cc2c(cc1Cl)OCCO2. The number of halogens is 2. The molecule has 5 heteroatoms. The van der Waals surface area contributed by atoms with Gasteiger partial charge in [0.15, 0.2) is 11.5 Å². The lowest BCUT2D eigenvalue weighted by Crippen LogP contribution is -2.20. The van der Waals surface area contributed by atoms with Crippen LogP contribution in [0.1, 0.15) is 17.2 Å². The molecule has 1 aliphatic heterocycles. The Morgan fingerprint density at radius 3 is 2.33 bits per heavy atom. The van der Waals surface area contributed by atoms with Crippen LogP contribution in [0.15, 0.2) is 36.4 Å². The van der Waals surface area contributed by atoms with E-state index in [9.17, 15) is 0 Å². The second-order valence-corrected chi connectivity index (χ2v) is 6.44. The first-order chi connectivity index (χ1) is 10.2. The number of hydrogen-bond donors (Lipinski definition) is 1. The number of rotatable bonds is 3. The number of ether oxygens (including phenoxy) is 2. The van der Waals surface area contributed by atoms with Gasteiger partial charge in [-0.2, -0.15) is 0 Å². The molecule has 3 nitrogen and oxygen atoms in total. The Labute approximate surface area is 142 Å². The molecule has 2 aromatic rings. The van der Waals surface area contributed by atoms with Crippen molar-refractivity contribution in [2.45, 2.75) is 6.04 Å². The molecule has 1 aliphatic rings. The number of fused-ring (bicyclic) bond motifs is 1. The highest BCUT2D eigenvalue weighted by molar-refractivity contribution is 14.1. The Hall–Kier alpha value is -0.980. The average molecular weight is 416 g/mol. The molecule has 0 radical (unpaired) electrons. The summed E-state index contributed by atoms with van der Waals surface area (Å²) in [6.07, 6.45) is 0. The molecular formula is C16H15ClINO2. The van der Waals surface area contributed by atoms with Gasteiger partial charge in [0.05, 0.1) is 6.04 Å². The van der Waals surface area contributed by atoms with Gasteiger partial charge in [-0.3, -0.25) is 0 Å². The Morgan fingerprint density at radius 1 is 1.10 bits per heavy atom. The molecule has 1 N–H and O–H groups in total. The Kier molecular flexibility index (Phi) is 4.57. The summed E-state index contributed by atoms with van der Waals surface area (Å²) in [5.74, 6) is 1.47. The van der Waals surface area contributed by atoms with Crippen LogP contribution in [0.25, 0.3) is 0 Å². The van der Waals surface area contributed by atoms with Crippen LogP contribution >= 0.6 is 34.2 Å². The van der Waals surface area contributed by atoms with Gasteiger partial charge in [-0.05, 0) is 59.0 Å². The van der Waals surface area contributed by atoms with E-state index in [4.69, 9.17) is 21.1 Å². The highest BCUT2D eigenvalue weighted by Crippen LogP contribution is 2.39. The van der Waals surface area contributed by atoms with Crippen molar-refractivity contribution in [2.24, 2.45) is 0 Å². The van der Waals surface area contributed by atoms with Crippen molar-refractivity contribution in [3.05, 3.63) is 56.1 Å². The van der Waals surface area contributed by atoms with E-state index < -0.39 is 0 Å². The van der Waals surface area contributed by atoms with E-state index >= 15 is 0 Å². The lowest BCUT2D eigenvalue weighted by molar-refractivity contribution is 0.171. The first-order valence-electron chi connectivity index (χ1n) is 6.71. The van der Waals surface area contributed by atoms with E-state index in [-0.39, 0.29) is 6.04 Å². The predicted molar refractivity (Wildman–Crippen MR) is 92.5 cm³/mol. The summed E-state index contributed by atoms with van der Waals surface area (Å²) < 4.78 is 12.4. The Balaban J connectivity index is 2.02. The molecule has 0 spiro atoms. The summed E-state index contributed by atoms with van der Waals surface area (Å²) in [6.45, 7) is 1.14. The van der Waals surface area contributed by atoms with Crippen LogP contribution in [-0.2, 0) is 0 Å². The van der Waals surface area contributed by atoms with E-state index in [1.807, 2.05) is 19.2 Å². The normalized spacial score (nSPS) is 14.8. The second kappa shape index (κ2) is 6.42. The zero-order chi connectivity index (χ0) is 14.8. The fourth-order valence-corrected chi connectivity index (χ4v) is 3.08. The monoisotopic (exact) mass is 415 g/mol. The van der Waals surface area contributed by atoms with Crippen LogP contribution in [-0.4, -0.2) is 20.3 Å². The van der Waals surface area contributed by atoms with Gasteiger partial charge >= 0.3 is 0 Å². The van der Waals surface area contributed by atoms with Crippen molar-refractivity contribution < 1.29 is 9.47 Å². The minimum absolute atomic E-state index is 0.0188. The second-order valence-electron chi connectivity index (χ2n) is 4.79. The van der Waals surface area contributed by atoms with Gasteiger partial charge in [-0.1, -0.05) is 23.7 Å². The standard InChI is InChI=1S/C16H15ClINO2/c1-19-16(10-2-4-11(18)5-3-10)12-8-14-15(9-13(12)17)21-7-6-20-14/h2-5,8-9,16,19H,6-7H2,1H3. The maximum atomic E-state index is 6.44. The highest BCUT2D eigenvalue weighted by Gasteiger charge is 2.20. The van der Waals surface area contributed by atoms with Crippen molar-refractivity contribution in [2.75, 3.05) is 20.3 Å². The molecule has 0 amide bonds. The Morgan fingerprint density at radius 2 is 1.71 bits per heavy atom. The largest absolute Gasteiger partial charge is 0.486 e. The molecule has 21 heavy (non-hydrogen) atoms. The van der Waals surface area contributed by atoms with Crippen molar-refractivity contribution in [3.8, 4) is 11.5 Å². The van der Waals surface area contributed by atoms with Crippen molar-refractivity contribution >= 4 is 34.2 Å². The summed E-state index contributed by atoms with van der Waals surface area (Å²) in [4.78, 5) is 0. The van der Waals surface area contributed by atoms with Gasteiger partial charge in [0.1, 0.15) is 13.2 Å². The molecule has 0 bridgehead atoms. The molecular weight excluding hydrogens is 401 g/mol. The summed E-state index contributed by atoms with van der Waals surface area (Å²) in [7, 11) is 1.93. The van der Waals surface area contributed by atoms with Crippen LogP contribution < -0.4 is 14.8 Å². The Bertz CT molecular complexity index is 645. The third kappa shape index (κ3) is 3.12.